The van der Waals surface area contributed by atoms with Crippen LogP contribution in [0.15, 0.2) is 73.1 Å². The smallest absolute Gasteiger partial charge is 0.249 e. The van der Waals surface area contributed by atoms with Crippen LogP contribution in [0.3, 0.4) is 0 Å². The van der Waals surface area contributed by atoms with Gasteiger partial charge in [-0.3, -0.25) is 9.48 Å². The highest BCUT2D eigenvalue weighted by Gasteiger charge is 2.24. The zero-order valence-corrected chi connectivity index (χ0v) is 14.0. The predicted octanol–water partition coefficient (Wildman–Crippen LogP) is 4.00. The molecule has 0 saturated heterocycles. The lowest BCUT2D eigenvalue weighted by atomic mass is 10.0. The van der Waals surface area contributed by atoms with Crippen molar-refractivity contribution >= 4 is 17.5 Å². The molecule has 3 aromatic rings. The molecule has 1 heterocycles. The summed E-state index contributed by atoms with van der Waals surface area (Å²) in [6.45, 7) is 1.92. The largest absolute Gasteiger partial charge is 0.347 e. The van der Waals surface area contributed by atoms with Crippen LogP contribution in [0.25, 0.3) is 0 Å². The summed E-state index contributed by atoms with van der Waals surface area (Å²) in [6, 6.07) is 18.2. The average molecular weight is 340 g/mol. The molecule has 1 amide bonds. The summed E-state index contributed by atoms with van der Waals surface area (Å²) in [5.74, 6) is -0.127. The summed E-state index contributed by atoms with van der Waals surface area (Å²) in [7, 11) is 0. The van der Waals surface area contributed by atoms with E-state index in [1.165, 1.54) is 0 Å². The van der Waals surface area contributed by atoms with Crippen LogP contribution < -0.4 is 5.32 Å². The molecule has 1 aromatic heterocycles. The van der Waals surface area contributed by atoms with Crippen LogP contribution >= 0.6 is 11.6 Å². The van der Waals surface area contributed by atoms with Gasteiger partial charge in [0.05, 0.1) is 6.04 Å². The Labute approximate surface area is 146 Å². The Morgan fingerprint density at radius 2 is 1.79 bits per heavy atom. The van der Waals surface area contributed by atoms with Gasteiger partial charge in [0.25, 0.3) is 0 Å². The molecule has 0 spiro atoms. The molecular formula is C19H18ClN3O. The fraction of sp³-hybridized carbons (Fsp3) is 0.158. The molecule has 0 aliphatic rings. The lowest BCUT2D eigenvalue weighted by Gasteiger charge is -2.22. The van der Waals surface area contributed by atoms with E-state index in [0.29, 0.717) is 5.02 Å². The first-order valence-corrected chi connectivity index (χ1v) is 8.13. The van der Waals surface area contributed by atoms with E-state index in [1.807, 2.05) is 61.5 Å². The Hall–Kier alpha value is -2.59. The van der Waals surface area contributed by atoms with E-state index in [1.54, 1.807) is 23.1 Å². The number of nitrogens with one attached hydrogen (secondary N) is 1. The van der Waals surface area contributed by atoms with E-state index in [4.69, 9.17) is 11.6 Å². The minimum absolute atomic E-state index is 0.127. The van der Waals surface area contributed by atoms with Gasteiger partial charge in [-0.15, -0.1) is 0 Å². The van der Waals surface area contributed by atoms with Crippen molar-refractivity contribution in [1.82, 2.24) is 15.1 Å². The molecule has 2 aromatic carbocycles. The Morgan fingerprint density at radius 1 is 1.08 bits per heavy atom. The van der Waals surface area contributed by atoms with Gasteiger partial charge in [-0.2, -0.15) is 5.10 Å². The molecule has 0 aliphatic carbocycles. The molecular weight excluding hydrogens is 322 g/mol. The van der Waals surface area contributed by atoms with E-state index in [2.05, 4.69) is 10.4 Å². The van der Waals surface area contributed by atoms with E-state index in [-0.39, 0.29) is 11.9 Å². The Kier molecular flexibility index (Phi) is 4.96. The number of carbonyl (C=O) groups excluding carboxylic acids is 1. The summed E-state index contributed by atoms with van der Waals surface area (Å²) >= 11 is 6.23. The second-order valence-electron chi connectivity index (χ2n) is 5.55. The van der Waals surface area contributed by atoms with Crippen molar-refractivity contribution in [3.05, 3.63) is 89.2 Å². The lowest BCUT2D eigenvalue weighted by Crippen LogP contribution is -2.35. The molecule has 0 unspecified atom stereocenters. The third-order valence-corrected chi connectivity index (χ3v) is 4.23. The van der Waals surface area contributed by atoms with Gasteiger partial charge < -0.3 is 5.32 Å². The number of hydrogen-bond donors (Lipinski definition) is 1. The van der Waals surface area contributed by atoms with Crippen molar-refractivity contribution in [3.63, 3.8) is 0 Å². The summed E-state index contributed by atoms with van der Waals surface area (Å²) in [6.07, 6.45) is 3.46. The second-order valence-corrected chi connectivity index (χ2v) is 5.96. The highest BCUT2D eigenvalue weighted by molar-refractivity contribution is 6.31. The van der Waals surface area contributed by atoms with Crippen LogP contribution in [0, 0.1) is 0 Å². The molecule has 1 N–H and O–H groups in total. The molecule has 0 fully saturated rings. The highest BCUT2D eigenvalue weighted by Crippen LogP contribution is 2.24. The Balaban J connectivity index is 1.86. The maximum Gasteiger partial charge on any atom is 0.249 e. The molecule has 0 radical (unpaired) electrons. The predicted molar refractivity (Wildman–Crippen MR) is 94.8 cm³/mol. The number of amides is 1. The van der Waals surface area contributed by atoms with Crippen molar-refractivity contribution in [2.45, 2.75) is 19.0 Å². The molecule has 0 bridgehead atoms. The monoisotopic (exact) mass is 339 g/mol. The summed E-state index contributed by atoms with van der Waals surface area (Å²) in [5.41, 5.74) is 1.77. The number of aromatic nitrogens is 2. The number of halogens is 1. The average Bonchev–Trinajstić information content (AvgIpc) is 3.10. The standard InChI is InChI=1S/C19H18ClN3O/c1-14(16-10-5-6-11-17(16)20)22-19(24)18(23-13-7-12-21-23)15-8-3-2-4-9-15/h2-14,18H,1H3,(H,22,24)/t14-,18-/m0/s1. The zero-order valence-electron chi connectivity index (χ0n) is 13.3. The van der Waals surface area contributed by atoms with Crippen LogP contribution in [0.4, 0.5) is 0 Å². The van der Waals surface area contributed by atoms with Gasteiger partial charge in [0.2, 0.25) is 5.91 Å². The van der Waals surface area contributed by atoms with Gasteiger partial charge in [0.15, 0.2) is 6.04 Å². The van der Waals surface area contributed by atoms with Gasteiger partial charge >= 0.3 is 0 Å². The van der Waals surface area contributed by atoms with Gasteiger partial charge in [0, 0.05) is 17.4 Å². The number of carbonyl (C=O) groups is 1. The summed E-state index contributed by atoms with van der Waals surface area (Å²) in [4.78, 5) is 12.9. The number of hydrogen-bond acceptors (Lipinski definition) is 2. The van der Waals surface area contributed by atoms with Crippen LogP contribution in [0.5, 0.6) is 0 Å². The number of benzene rings is 2. The van der Waals surface area contributed by atoms with Crippen LogP contribution in [0.2, 0.25) is 5.02 Å². The summed E-state index contributed by atoms with van der Waals surface area (Å²) in [5, 5.41) is 7.92. The Bertz CT molecular complexity index is 802. The third kappa shape index (κ3) is 3.49. The van der Waals surface area contributed by atoms with Crippen molar-refractivity contribution in [3.8, 4) is 0 Å². The van der Waals surface area contributed by atoms with Gasteiger partial charge in [-0.25, -0.2) is 0 Å². The number of rotatable bonds is 5. The van der Waals surface area contributed by atoms with E-state index in [9.17, 15) is 4.79 Å². The van der Waals surface area contributed by atoms with Crippen molar-refractivity contribution in [2.75, 3.05) is 0 Å². The number of nitrogens with zero attached hydrogens (tertiary/aromatic N) is 2. The lowest BCUT2D eigenvalue weighted by molar-refractivity contribution is -0.124. The van der Waals surface area contributed by atoms with Crippen molar-refractivity contribution in [1.29, 1.82) is 0 Å². The van der Waals surface area contributed by atoms with E-state index >= 15 is 0 Å². The van der Waals surface area contributed by atoms with Crippen LogP contribution in [-0.2, 0) is 4.79 Å². The molecule has 24 heavy (non-hydrogen) atoms. The Morgan fingerprint density at radius 3 is 2.46 bits per heavy atom. The fourth-order valence-electron chi connectivity index (χ4n) is 2.69. The SMILES string of the molecule is C[C@H](NC(=O)[C@H](c1ccccc1)n1cccn1)c1ccccc1Cl. The van der Waals surface area contributed by atoms with Gasteiger partial charge in [0.1, 0.15) is 0 Å². The van der Waals surface area contributed by atoms with Crippen molar-refractivity contribution in [2.24, 2.45) is 0 Å². The first kappa shape index (κ1) is 16.3. The maximum atomic E-state index is 12.9. The van der Waals surface area contributed by atoms with Gasteiger partial charge in [-0.1, -0.05) is 60.1 Å². The quantitative estimate of drug-likeness (QED) is 0.763. The van der Waals surface area contributed by atoms with Crippen LogP contribution in [-0.4, -0.2) is 15.7 Å². The minimum atomic E-state index is -0.522. The molecule has 0 aliphatic heterocycles. The molecule has 4 nitrogen and oxygen atoms in total. The minimum Gasteiger partial charge on any atom is -0.347 e. The first-order valence-electron chi connectivity index (χ1n) is 7.75. The van der Waals surface area contributed by atoms with E-state index in [0.717, 1.165) is 11.1 Å². The maximum absolute atomic E-state index is 12.9. The van der Waals surface area contributed by atoms with Crippen LogP contribution in [0.1, 0.15) is 30.1 Å². The topological polar surface area (TPSA) is 46.9 Å². The molecule has 0 saturated carbocycles. The van der Waals surface area contributed by atoms with Gasteiger partial charge in [-0.05, 0) is 30.2 Å². The van der Waals surface area contributed by atoms with Crippen molar-refractivity contribution < 1.29 is 4.79 Å². The fourth-order valence-corrected chi connectivity index (χ4v) is 2.99. The second kappa shape index (κ2) is 7.32. The molecule has 3 rings (SSSR count). The summed E-state index contributed by atoms with van der Waals surface area (Å²) < 4.78 is 1.66. The molecule has 5 heteroatoms. The first-order chi connectivity index (χ1) is 11.7. The molecule has 122 valence electrons. The highest BCUT2D eigenvalue weighted by atomic mass is 35.5. The normalized spacial score (nSPS) is 13.2. The van der Waals surface area contributed by atoms with E-state index < -0.39 is 6.04 Å². The molecule has 2 atom stereocenters. The zero-order chi connectivity index (χ0) is 16.9. The third-order valence-electron chi connectivity index (χ3n) is 3.88.